The molecule has 1 aromatic carbocycles. The van der Waals surface area contributed by atoms with Crippen molar-refractivity contribution >= 4 is 34.9 Å². The summed E-state index contributed by atoms with van der Waals surface area (Å²) in [4.78, 5) is 14.1. The lowest BCUT2D eigenvalue weighted by Crippen LogP contribution is -2.34. The van der Waals surface area contributed by atoms with Gasteiger partial charge in [0.15, 0.2) is 0 Å². The number of hydrogen-bond donors (Lipinski definition) is 1. The van der Waals surface area contributed by atoms with Gasteiger partial charge in [0, 0.05) is 30.5 Å². The van der Waals surface area contributed by atoms with Crippen LogP contribution in [-0.4, -0.2) is 43.5 Å². The minimum Gasteiger partial charge on any atom is -0.465 e. The van der Waals surface area contributed by atoms with E-state index in [-0.39, 0.29) is 5.97 Å². The van der Waals surface area contributed by atoms with E-state index in [0.29, 0.717) is 24.8 Å². The Hall–Kier alpha value is -0.970. The summed E-state index contributed by atoms with van der Waals surface area (Å²) in [7, 11) is 0. The molecule has 0 amide bonds. The van der Waals surface area contributed by atoms with Gasteiger partial charge in [0.2, 0.25) is 0 Å². The molecule has 1 aromatic rings. The predicted molar refractivity (Wildman–Crippen MR) is 107 cm³/mol. The van der Waals surface area contributed by atoms with Crippen LogP contribution in [0, 0.1) is 0 Å². The summed E-state index contributed by atoms with van der Waals surface area (Å²) in [5.74, 6) is 0.771. The number of nitrogens with zero attached hydrogens (tertiary/aromatic N) is 1. The van der Waals surface area contributed by atoms with Gasteiger partial charge >= 0.3 is 5.97 Å². The maximum absolute atomic E-state index is 11.9. The first-order valence-electron chi connectivity index (χ1n) is 9.00. The van der Waals surface area contributed by atoms with E-state index in [2.05, 4.69) is 11.8 Å². The number of rotatable bonds is 13. The van der Waals surface area contributed by atoms with E-state index < -0.39 is 6.04 Å². The Morgan fingerprint density at radius 2 is 1.76 bits per heavy atom. The summed E-state index contributed by atoms with van der Waals surface area (Å²) in [5, 5.41) is 0. The molecule has 0 fully saturated rings. The van der Waals surface area contributed by atoms with Crippen LogP contribution in [0.5, 0.6) is 0 Å². The van der Waals surface area contributed by atoms with Gasteiger partial charge in [-0.05, 0) is 30.5 Å². The van der Waals surface area contributed by atoms with E-state index in [0.717, 1.165) is 43.6 Å². The monoisotopic (exact) mass is 388 g/mol. The van der Waals surface area contributed by atoms with E-state index in [1.54, 1.807) is 0 Å². The first-order valence-corrected chi connectivity index (χ1v) is 10.1. The molecule has 0 spiro atoms. The lowest BCUT2D eigenvalue weighted by Gasteiger charge is -2.23. The topological polar surface area (TPSA) is 55.6 Å². The number of hydrogen-bond acceptors (Lipinski definition) is 4. The van der Waals surface area contributed by atoms with E-state index in [9.17, 15) is 4.79 Å². The summed E-state index contributed by atoms with van der Waals surface area (Å²) in [6.45, 7) is 4.10. The van der Waals surface area contributed by atoms with Gasteiger partial charge in [-0.15, -0.1) is 23.2 Å². The molecule has 4 nitrogen and oxygen atoms in total. The van der Waals surface area contributed by atoms with Crippen LogP contribution < -0.4 is 10.6 Å². The highest BCUT2D eigenvalue weighted by Crippen LogP contribution is 2.16. The number of halogens is 2. The molecule has 1 atom stereocenters. The molecule has 1 rings (SSSR count). The summed E-state index contributed by atoms with van der Waals surface area (Å²) < 4.78 is 5.25. The molecule has 0 saturated heterocycles. The number of nitrogens with two attached hydrogens (primary N) is 1. The Kier molecular flexibility index (Phi) is 11.7. The highest BCUT2D eigenvalue weighted by molar-refractivity contribution is 6.18. The second-order valence-corrected chi connectivity index (χ2v) is 6.83. The van der Waals surface area contributed by atoms with Gasteiger partial charge in [-0.2, -0.15) is 0 Å². The van der Waals surface area contributed by atoms with Crippen LogP contribution in [0.15, 0.2) is 24.3 Å². The van der Waals surface area contributed by atoms with Crippen molar-refractivity contribution in [1.82, 2.24) is 0 Å². The van der Waals surface area contributed by atoms with Crippen molar-refractivity contribution < 1.29 is 9.53 Å². The molecule has 0 heterocycles. The molecule has 0 aliphatic rings. The smallest absolute Gasteiger partial charge is 0.323 e. The van der Waals surface area contributed by atoms with Crippen molar-refractivity contribution in [3.05, 3.63) is 29.8 Å². The second kappa shape index (κ2) is 13.3. The van der Waals surface area contributed by atoms with Gasteiger partial charge in [0.1, 0.15) is 6.04 Å². The van der Waals surface area contributed by atoms with Crippen LogP contribution in [0.1, 0.15) is 38.2 Å². The van der Waals surface area contributed by atoms with Crippen molar-refractivity contribution in [2.24, 2.45) is 5.73 Å². The minimum atomic E-state index is -0.626. The molecular formula is C19H30Cl2N2O2. The summed E-state index contributed by atoms with van der Waals surface area (Å²) in [6, 6.07) is 7.37. The van der Waals surface area contributed by atoms with E-state index in [1.165, 1.54) is 6.42 Å². The average Bonchev–Trinajstić information content (AvgIpc) is 2.62. The minimum absolute atomic E-state index is 0.327. The molecule has 0 aliphatic carbocycles. The van der Waals surface area contributed by atoms with Gasteiger partial charge in [-0.3, -0.25) is 4.79 Å². The third kappa shape index (κ3) is 8.80. The molecule has 0 radical (unpaired) electrons. The molecule has 142 valence electrons. The van der Waals surface area contributed by atoms with Gasteiger partial charge in [-0.1, -0.05) is 38.3 Å². The lowest BCUT2D eigenvalue weighted by atomic mass is 10.1. The summed E-state index contributed by atoms with van der Waals surface area (Å²) >= 11 is 11.7. The quantitative estimate of drug-likeness (QED) is 0.315. The van der Waals surface area contributed by atoms with Crippen molar-refractivity contribution in [2.45, 2.75) is 45.1 Å². The van der Waals surface area contributed by atoms with E-state index >= 15 is 0 Å². The molecule has 0 saturated carbocycles. The highest BCUT2D eigenvalue weighted by Gasteiger charge is 2.16. The standard InChI is InChI=1S/C19H30Cl2N2O2/c1-2-3-4-5-14-25-19(24)18(22)15-16-6-8-17(9-7-16)23(12-10-20)13-11-21/h6-9,18H,2-5,10-15,22H2,1H3. The summed E-state index contributed by atoms with van der Waals surface area (Å²) in [6.07, 6.45) is 4.79. The molecule has 6 heteroatoms. The van der Waals surface area contributed by atoms with Gasteiger partial charge < -0.3 is 15.4 Å². The Morgan fingerprint density at radius 1 is 1.12 bits per heavy atom. The summed E-state index contributed by atoms with van der Waals surface area (Å²) in [5.41, 5.74) is 8.04. The zero-order chi connectivity index (χ0) is 18.5. The SMILES string of the molecule is CCCCCCOC(=O)C(N)Cc1ccc(N(CCCl)CCCl)cc1. The van der Waals surface area contributed by atoms with Crippen molar-refractivity contribution in [1.29, 1.82) is 0 Å². The molecule has 0 bridgehead atoms. The van der Waals surface area contributed by atoms with E-state index in [1.807, 2.05) is 24.3 Å². The van der Waals surface area contributed by atoms with Crippen LogP contribution in [0.3, 0.4) is 0 Å². The largest absolute Gasteiger partial charge is 0.465 e. The molecule has 0 aromatic heterocycles. The number of anilines is 1. The zero-order valence-electron chi connectivity index (χ0n) is 15.1. The maximum atomic E-state index is 11.9. The normalized spacial score (nSPS) is 12.0. The number of alkyl halides is 2. The van der Waals surface area contributed by atoms with Crippen molar-refractivity contribution in [2.75, 3.05) is 36.4 Å². The number of unbranched alkanes of at least 4 members (excludes halogenated alkanes) is 3. The zero-order valence-corrected chi connectivity index (χ0v) is 16.6. The fraction of sp³-hybridized carbons (Fsp3) is 0.632. The van der Waals surface area contributed by atoms with Crippen molar-refractivity contribution in [3.8, 4) is 0 Å². The molecule has 0 aliphatic heterocycles. The van der Waals surface area contributed by atoms with Crippen LogP contribution in [0.25, 0.3) is 0 Å². The van der Waals surface area contributed by atoms with Gasteiger partial charge in [0.25, 0.3) is 0 Å². The van der Waals surface area contributed by atoms with Crippen molar-refractivity contribution in [3.63, 3.8) is 0 Å². The molecule has 2 N–H and O–H groups in total. The third-order valence-corrected chi connectivity index (χ3v) is 4.35. The third-order valence-electron chi connectivity index (χ3n) is 4.01. The maximum Gasteiger partial charge on any atom is 0.323 e. The van der Waals surface area contributed by atoms with Gasteiger partial charge in [-0.25, -0.2) is 0 Å². The Labute approximate surface area is 161 Å². The first kappa shape index (κ1) is 22.1. The van der Waals surface area contributed by atoms with Crippen LogP contribution in [0.4, 0.5) is 5.69 Å². The van der Waals surface area contributed by atoms with E-state index in [4.69, 9.17) is 33.7 Å². The fourth-order valence-corrected chi connectivity index (χ4v) is 2.97. The fourth-order valence-electron chi connectivity index (χ4n) is 2.56. The molecule has 25 heavy (non-hydrogen) atoms. The molecule has 1 unspecified atom stereocenters. The number of ether oxygens (including phenoxy) is 1. The second-order valence-electron chi connectivity index (χ2n) is 6.07. The number of esters is 1. The van der Waals surface area contributed by atoms with Gasteiger partial charge in [0.05, 0.1) is 6.61 Å². The lowest BCUT2D eigenvalue weighted by molar-refractivity contribution is -0.145. The number of carbonyl (C=O) groups excluding carboxylic acids is 1. The predicted octanol–water partition coefficient (Wildman–Crippen LogP) is 3.96. The van der Waals surface area contributed by atoms with Crippen LogP contribution >= 0.6 is 23.2 Å². The number of benzene rings is 1. The molecular weight excluding hydrogens is 359 g/mol. The highest BCUT2D eigenvalue weighted by atomic mass is 35.5. The van der Waals surface area contributed by atoms with Crippen LogP contribution in [0.2, 0.25) is 0 Å². The first-order chi connectivity index (χ1) is 12.1. The Balaban J connectivity index is 2.46. The Bertz CT molecular complexity index is 477. The van der Waals surface area contributed by atoms with Crippen LogP contribution in [-0.2, 0) is 16.0 Å². The number of carbonyl (C=O) groups is 1. The average molecular weight is 389 g/mol. The Morgan fingerprint density at radius 3 is 2.32 bits per heavy atom.